The Bertz CT molecular complexity index is 1760. The number of carboxylic acid groups (broad SMARTS) is 1. The van der Waals surface area contributed by atoms with Crippen molar-refractivity contribution in [1.29, 1.82) is 0 Å². The molecule has 10 nitrogen and oxygen atoms in total. The van der Waals surface area contributed by atoms with Gasteiger partial charge in [0.25, 0.3) is 0 Å². The number of benzene rings is 2. The summed E-state index contributed by atoms with van der Waals surface area (Å²) in [7, 11) is 0. The number of rotatable bonds is 7. The van der Waals surface area contributed by atoms with Crippen LogP contribution < -0.4 is 15.4 Å². The Labute approximate surface area is 247 Å². The highest BCUT2D eigenvalue weighted by Crippen LogP contribution is 2.70. The van der Waals surface area contributed by atoms with Crippen molar-refractivity contribution in [3.8, 4) is 22.9 Å². The molecule has 1 spiro atoms. The highest BCUT2D eigenvalue weighted by Gasteiger charge is 2.65. The van der Waals surface area contributed by atoms with E-state index in [4.69, 9.17) is 4.74 Å². The number of ether oxygens (including phenoxy) is 1. The maximum Gasteiger partial charge on any atom is 0.407 e. The summed E-state index contributed by atoms with van der Waals surface area (Å²) in [6.45, 7) is 2.77. The van der Waals surface area contributed by atoms with Crippen LogP contribution in [0.4, 0.5) is 20.8 Å². The third-order valence-corrected chi connectivity index (χ3v) is 8.87. The van der Waals surface area contributed by atoms with Gasteiger partial charge in [-0.2, -0.15) is 0 Å². The Morgan fingerprint density at radius 1 is 1.09 bits per heavy atom. The topological polar surface area (TPSA) is 130 Å². The lowest BCUT2D eigenvalue weighted by Gasteiger charge is -2.31. The highest BCUT2D eigenvalue weighted by molar-refractivity contribution is 6.06. The summed E-state index contributed by atoms with van der Waals surface area (Å²) in [5.41, 5.74) is 2.34. The first-order chi connectivity index (χ1) is 20.8. The number of nitrogens with zero attached hydrogens (tertiary/aromatic N) is 4. The van der Waals surface area contributed by atoms with Crippen LogP contribution in [0.1, 0.15) is 37.7 Å². The lowest BCUT2D eigenvalue weighted by Crippen LogP contribution is -2.44. The van der Waals surface area contributed by atoms with Gasteiger partial charge >= 0.3 is 6.09 Å². The Morgan fingerprint density at radius 2 is 1.93 bits per heavy atom. The monoisotopic (exact) mass is 582 g/mol. The molecule has 3 heterocycles. The van der Waals surface area contributed by atoms with E-state index >= 15 is 4.39 Å². The molecule has 3 aliphatic rings. The maximum atomic E-state index is 15.1. The Morgan fingerprint density at radius 3 is 2.72 bits per heavy atom. The van der Waals surface area contributed by atoms with Crippen LogP contribution in [0.3, 0.4) is 0 Å². The van der Waals surface area contributed by atoms with Crippen molar-refractivity contribution < 1.29 is 23.8 Å². The zero-order valence-corrected chi connectivity index (χ0v) is 23.6. The molecule has 2 saturated carbocycles. The van der Waals surface area contributed by atoms with Gasteiger partial charge in [0.1, 0.15) is 11.6 Å². The molecule has 2 aromatic carbocycles. The number of hydrogen-bond donors (Lipinski definition) is 3. The minimum absolute atomic E-state index is 0.0409. The van der Waals surface area contributed by atoms with Gasteiger partial charge < -0.3 is 25.4 Å². The van der Waals surface area contributed by atoms with E-state index in [0.29, 0.717) is 52.7 Å². The molecule has 43 heavy (non-hydrogen) atoms. The first-order valence-corrected chi connectivity index (χ1v) is 14.5. The third kappa shape index (κ3) is 5.19. The first kappa shape index (κ1) is 27.1. The van der Waals surface area contributed by atoms with Gasteiger partial charge in [-0.15, -0.1) is 0 Å². The zero-order valence-electron chi connectivity index (χ0n) is 23.6. The van der Waals surface area contributed by atoms with Crippen molar-refractivity contribution in [2.24, 2.45) is 11.3 Å². The Kier molecular flexibility index (Phi) is 6.60. The molecule has 2 aliphatic carbocycles. The fraction of sp³-hybridized carbons (Fsp3) is 0.344. The van der Waals surface area contributed by atoms with Crippen LogP contribution in [0.2, 0.25) is 0 Å². The molecule has 0 unspecified atom stereocenters. The van der Waals surface area contributed by atoms with Crippen molar-refractivity contribution in [1.82, 2.24) is 19.9 Å². The van der Waals surface area contributed by atoms with Gasteiger partial charge in [0.2, 0.25) is 17.7 Å². The molecule has 220 valence electrons. The number of carbonyl (C=O) groups excluding carboxylic acids is 1. The molecule has 0 bridgehead atoms. The number of amides is 2. The first-order valence-electron chi connectivity index (χ1n) is 14.5. The average molecular weight is 583 g/mol. The predicted molar refractivity (Wildman–Crippen MR) is 159 cm³/mol. The van der Waals surface area contributed by atoms with Crippen molar-refractivity contribution in [2.75, 3.05) is 23.7 Å². The van der Waals surface area contributed by atoms with E-state index in [1.54, 1.807) is 36.7 Å². The number of nitrogens with one attached hydrogen (secondary N) is 2. The van der Waals surface area contributed by atoms with E-state index in [1.165, 1.54) is 11.0 Å². The number of piperidine rings is 1. The second-order valence-electron chi connectivity index (χ2n) is 11.8. The molecule has 2 amide bonds. The zero-order chi connectivity index (χ0) is 29.7. The summed E-state index contributed by atoms with van der Waals surface area (Å²) < 4.78 is 21.5. The summed E-state index contributed by atoms with van der Waals surface area (Å²) in [4.78, 5) is 39.3. The van der Waals surface area contributed by atoms with E-state index in [1.807, 2.05) is 19.1 Å². The van der Waals surface area contributed by atoms with E-state index < -0.39 is 11.9 Å². The van der Waals surface area contributed by atoms with Crippen LogP contribution >= 0.6 is 0 Å². The summed E-state index contributed by atoms with van der Waals surface area (Å²) >= 11 is 0. The molecular formula is C32H31FN6O4. The summed E-state index contributed by atoms with van der Waals surface area (Å²) in [5, 5.41) is 16.7. The van der Waals surface area contributed by atoms with Crippen molar-refractivity contribution >= 4 is 34.4 Å². The van der Waals surface area contributed by atoms with Crippen molar-refractivity contribution in [3.63, 3.8) is 0 Å². The number of anilines is 2. The highest BCUT2D eigenvalue weighted by atomic mass is 19.1. The third-order valence-electron chi connectivity index (χ3n) is 8.87. The molecule has 1 aliphatic heterocycles. The number of carbonyl (C=O) groups is 2. The molecule has 4 aromatic rings. The van der Waals surface area contributed by atoms with Gasteiger partial charge in [0, 0.05) is 48.2 Å². The van der Waals surface area contributed by atoms with Gasteiger partial charge in [-0.1, -0.05) is 12.1 Å². The maximum absolute atomic E-state index is 15.1. The lowest BCUT2D eigenvalue weighted by atomic mass is 10.0. The second-order valence-corrected chi connectivity index (χ2v) is 11.8. The normalized spacial score (nSPS) is 20.1. The number of fused-ring (bicyclic) bond motifs is 1. The second kappa shape index (κ2) is 10.5. The number of hydrogen-bond acceptors (Lipinski definition) is 7. The number of aromatic nitrogens is 3. The molecule has 7 rings (SSSR count). The molecular weight excluding hydrogens is 551 g/mol. The van der Waals surface area contributed by atoms with E-state index in [-0.39, 0.29) is 29.0 Å². The van der Waals surface area contributed by atoms with E-state index in [9.17, 15) is 14.7 Å². The van der Waals surface area contributed by atoms with Crippen LogP contribution in [0.25, 0.3) is 22.0 Å². The minimum Gasteiger partial charge on any atom is -0.465 e. The summed E-state index contributed by atoms with van der Waals surface area (Å²) in [5.74, 6) is 0.523. The van der Waals surface area contributed by atoms with Gasteiger partial charge in [0.15, 0.2) is 0 Å². The van der Waals surface area contributed by atoms with Crippen LogP contribution in [-0.4, -0.2) is 56.1 Å². The smallest absolute Gasteiger partial charge is 0.407 e. The summed E-state index contributed by atoms with van der Waals surface area (Å²) in [6, 6.07) is 11.9. The van der Waals surface area contributed by atoms with E-state index in [0.717, 1.165) is 37.7 Å². The molecule has 3 fully saturated rings. The number of likely N-dealkylation sites (tertiary alicyclic amines) is 1. The molecule has 1 saturated heterocycles. The standard InChI is InChI=1S/C32H31FN6O4/c1-18-6-7-20-21(8-9-24(33)26(20)38-28(40)23-16-32(23)11-12-32)27(18)43-29-22(5-2-13-34-29)25-10-14-35-30(37-25)36-19-4-3-15-39(17-19)31(41)42/h2,5-10,13-14,19,23H,3-4,11-12,15-17H2,1H3,(H,38,40)(H,41,42)(H,35,36,37)/t19-,23-/m0/s1. The molecule has 2 atom stereocenters. The van der Waals surface area contributed by atoms with Gasteiger partial charge in [0.05, 0.1) is 16.9 Å². The fourth-order valence-corrected chi connectivity index (χ4v) is 6.16. The number of pyridine rings is 1. The van der Waals surface area contributed by atoms with Crippen LogP contribution in [-0.2, 0) is 4.79 Å². The van der Waals surface area contributed by atoms with Gasteiger partial charge in [-0.05, 0) is 80.3 Å². The SMILES string of the molecule is Cc1ccc2c(NC(=O)[C@@H]3CC34CC4)c(F)ccc2c1Oc1ncccc1-c1ccnc(N[C@H]2CCCN(C(=O)O)C2)n1. The molecule has 0 radical (unpaired) electrons. The van der Waals surface area contributed by atoms with Crippen molar-refractivity contribution in [3.05, 3.63) is 66.2 Å². The molecule has 2 aromatic heterocycles. The minimum atomic E-state index is -0.936. The summed E-state index contributed by atoms with van der Waals surface area (Å²) in [6.07, 6.45) is 6.90. The predicted octanol–water partition coefficient (Wildman–Crippen LogP) is 6.22. The van der Waals surface area contributed by atoms with Crippen LogP contribution in [0, 0.1) is 24.1 Å². The number of halogens is 1. The van der Waals surface area contributed by atoms with Crippen LogP contribution in [0.5, 0.6) is 11.6 Å². The largest absolute Gasteiger partial charge is 0.465 e. The van der Waals surface area contributed by atoms with Crippen molar-refractivity contribution in [2.45, 2.75) is 45.1 Å². The van der Waals surface area contributed by atoms with Gasteiger partial charge in [-0.3, -0.25) is 4.79 Å². The number of aryl methyl sites for hydroxylation is 1. The fourth-order valence-electron chi connectivity index (χ4n) is 6.16. The average Bonchev–Trinajstić information content (AvgIpc) is 3.94. The van der Waals surface area contributed by atoms with E-state index in [2.05, 4.69) is 25.6 Å². The lowest BCUT2D eigenvalue weighted by molar-refractivity contribution is -0.117. The van der Waals surface area contributed by atoms with Gasteiger partial charge in [-0.25, -0.2) is 24.1 Å². The quantitative estimate of drug-likeness (QED) is 0.234. The van der Waals surface area contributed by atoms with Crippen LogP contribution in [0.15, 0.2) is 54.9 Å². The Hall–Kier alpha value is -4.80. The Balaban J connectivity index is 1.17. The molecule has 11 heteroatoms. The molecule has 3 N–H and O–H groups in total.